The fraction of sp³-hybridized carbons (Fsp3) is 0.692. The van der Waals surface area contributed by atoms with Crippen LogP contribution >= 0.6 is 0 Å². The third-order valence-electron chi connectivity index (χ3n) is 2.61. The molecule has 0 spiro atoms. The molecule has 18 heavy (non-hydrogen) atoms. The molecule has 0 aliphatic rings. The second-order valence-corrected chi connectivity index (χ2v) is 4.38. The van der Waals surface area contributed by atoms with Crippen LogP contribution in [0.15, 0.2) is 10.6 Å². The van der Waals surface area contributed by atoms with E-state index in [1.165, 1.54) is 0 Å². The lowest BCUT2D eigenvalue weighted by atomic mass is 10.3. The summed E-state index contributed by atoms with van der Waals surface area (Å²) in [5.74, 6) is 1.66. The third kappa shape index (κ3) is 4.77. The van der Waals surface area contributed by atoms with Crippen molar-refractivity contribution in [1.29, 1.82) is 0 Å². The van der Waals surface area contributed by atoms with E-state index < -0.39 is 0 Å². The minimum atomic E-state index is 0.200. The summed E-state index contributed by atoms with van der Waals surface area (Å²) in [5.41, 5.74) is 0. The molecule has 5 heteroatoms. The van der Waals surface area contributed by atoms with E-state index in [1.807, 2.05) is 17.9 Å². The zero-order valence-corrected chi connectivity index (χ0v) is 11.5. The van der Waals surface area contributed by atoms with Crippen LogP contribution in [-0.2, 0) is 4.79 Å². The smallest absolute Gasteiger partial charge is 0.224 e. The highest BCUT2D eigenvalue weighted by Gasteiger charge is 2.11. The van der Waals surface area contributed by atoms with Crippen LogP contribution in [0.5, 0.6) is 0 Å². The molecule has 1 rings (SSSR count). The lowest BCUT2D eigenvalue weighted by Gasteiger charge is -2.21. The van der Waals surface area contributed by atoms with Gasteiger partial charge in [-0.2, -0.15) is 0 Å². The van der Waals surface area contributed by atoms with E-state index in [0.717, 1.165) is 31.7 Å². The zero-order chi connectivity index (χ0) is 13.4. The van der Waals surface area contributed by atoms with Gasteiger partial charge in [0.05, 0.1) is 0 Å². The summed E-state index contributed by atoms with van der Waals surface area (Å²) < 4.78 is 4.94. The molecule has 0 unspecified atom stereocenters. The number of hydrogen-bond acceptors (Lipinski definition) is 4. The summed E-state index contributed by atoms with van der Waals surface area (Å²) in [4.78, 5) is 13.9. The van der Waals surface area contributed by atoms with Crippen LogP contribution in [0.2, 0.25) is 0 Å². The van der Waals surface area contributed by atoms with Crippen LogP contribution in [0.1, 0.15) is 38.9 Å². The summed E-state index contributed by atoms with van der Waals surface area (Å²) in [6, 6.07) is 1.82. The largest absolute Gasteiger partial charge is 0.367 e. The highest BCUT2D eigenvalue weighted by atomic mass is 16.5. The van der Waals surface area contributed by atoms with Gasteiger partial charge in [-0.05, 0) is 19.8 Å². The molecular formula is C13H23N3O2. The lowest BCUT2D eigenvalue weighted by molar-refractivity contribution is -0.131. The molecule has 5 nitrogen and oxygen atoms in total. The van der Waals surface area contributed by atoms with Gasteiger partial charge in [0.25, 0.3) is 0 Å². The SMILES string of the molecule is CCCN(CCC)C(=O)CCNc1cc(C)on1. The average Bonchev–Trinajstić information content (AvgIpc) is 2.75. The van der Waals surface area contributed by atoms with Gasteiger partial charge in [0, 0.05) is 32.1 Å². The molecule has 0 fully saturated rings. The molecule has 0 radical (unpaired) electrons. The van der Waals surface area contributed by atoms with Crippen molar-refractivity contribution < 1.29 is 9.32 Å². The second-order valence-electron chi connectivity index (χ2n) is 4.38. The van der Waals surface area contributed by atoms with Crippen LogP contribution in [0.4, 0.5) is 5.82 Å². The number of carbonyl (C=O) groups excluding carboxylic acids is 1. The number of nitrogens with zero attached hydrogens (tertiary/aromatic N) is 2. The van der Waals surface area contributed by atoms with E-state index in [0.29, 0.717) is 18.8 Å². The Labute approximate surface area is 109 Å². The predicted octanol–water partition coefficient (Wildman–Crippen LogP) is 2.43. The molecule has 1 heterocycles. The number of aromatic nitrogens is 1. The van der Waals surface area contributed by atoms with Gasteiger partial charge in [-0.1, -0.05) is 19.0 Å². The Morgan fingerprint density at radius 3 is 2.56 bits per heavy atom. The monoisotopic (exact) mass is 253 g/mol. The highest BCUT2D eigenvalue weighted by Crippen LogP contribution is 2.07. The fourth-order valence-electron chi connectivity index (χ4n) is 1.81. The Kier molecular flexibility index (Phi) is 6.25. The molecule has 0 saturated carbocycles. The summed E-state index contributed by atoms with van der Waals surface area (Å²) in [7, 11) is 0. The number of rotatable bonds is 8. The minimum Gasteiger partial charge on any atom is -0.367 e. The molecule has 0 aliphatic heterocycles. The summed E-state index contributed by atoms with van der Waals surface area (Å²) in [5, 5.41) is 6.90. The summed E-state index contributed by atoms with van der Waals surface area (Å²) in [6.07, 6.45) is 2.50. The van der Waals surface area contributed by atoms with E-state index in [-0.39, 0.29) is 5.91 Å². The average molecular weight is 253 g/mol. The predicted molar refractivity (Wildman–Crippen MR) is 71.5 cm³/mol. The first kappa shape index (κ1) is 14.5. The molecule has 0 saturated heterocycles. The van der Waals surface area contributed by atoms with Crippen molar-refractivity contribution >= 4 is 11.7 Å². The number of hydrogen-bond donors (Lipinski definition) is 1. The first-order chi connectivity index (χ1) is 8.67. The Morgan fingerprint density at radius 1 is 1.39 bits per heavy atom. The van der Waals surface area contributed by atoms with E-state index >= 15 is 0 Å². The Bertz CT molecular complexity index is 357. The van der Waals surface area contributed by atoms with Gasteiger partial charge >= 0.3 is 0 Å². The van der Waals surface area contributed by atoms with E-state index in [2.05, 4.69) is 24.3 Å². The van der Waals surface area contributed by atoms with Crippen molar-refractivity contribution in [2.75, 3.05) is 25.0 Å². The quantitative estimate of drug-likeness (QED) is 0.773. The molecule has 1 aromatic heterocycles. The maximum absolute atomic E-state index is 12.0. The molecular weight excluding hydrogens is 230 g/mol. The second kappa shape index (κ2) is 7.74. The van der Waals surface area contributed by atoms with Crippen LogP contribution in [-0.4, -0.2) is 35.6 Å². The maximum atomic E-state index is 12.0. The number of anilines is 1. The number of carbonyl (C=O) groups is 1. The van der Waals surface area contributed by atoms with Gasteiger partial charge in [-0.25, -0.2) is 0 Å². The maximum Gasteiger partial charge on any atom is 0.224 e. The number of amides is 1. The Balaban J connectivity index is 2.30. The molecule has 1 aromatic rings. The van der Waals surface area contributed by atoms with Gasteiger partial charge in [0.15, 0.2) is 5.82 Å². The summed E-state index contributed by atoms with van der Waals surface area (Å²) >= 11 is 0. The zero-order valence-electron chi connectivity index (χ0n) is 11.5. The van der Waals surface area contributed by atoms with Crippen molar-refractivity contribution in [2.24, 2.45) is 0 Å². The van der Waals surface area contributed by atoms with E-state index in [1.54, 1.807) is 0 Å². The van der Waals surface area contributed by atoms with Gasteiger partial charge in [-0.15, -0.1) is 0 Å². The van der Waals surface area contributed by atoms with Crippen molar-refractivity contribution in [3.63, 3.8) is 0 Å². The van der Waals surface area contributed by atoms with E-state index in [4.69, 9.17) is 4.52 Å². The fourth-order valence-corrected chi connectivity index (χ4v) is 1.81. The van der Waals surface area contributed by atoms with Crippen molar-refractivity contribution in [2.45, 2.75) is 40.0 Å². The molecule has 0 atom stereocenters. The molecule has 0 aliphatic carbocycles. The minimum absolute atomic E-state index is 0.200. The van der Waals surface area contributed by atoms with E-state index in [9.17, 15) is 4.79 Å². The third-order valence-corrected chi connectivity index (χ3v) is 2.61. The number of aryl methyl sites for hydroxylation is 1. The van der Waals surface area contributed by atoms with Crippen molar-refractivity contribution in [1.82, 2.24) is 10.1 Å². The van der Waals surface area contributed by atoms with Crippen LogP contribution in [0.3, 0.4) is 0 Å². The molecule has 1 N–H and O–H groups in total. The van der Waals surface area contributed by atoms with Gasteiger partial charge in [0.2, 0.25) is 5.91 Å². The van der Waals surface area contributed by atoms with Crippen LogP contribution < -0.4 is 5.32 Å². The molecule has 1 amide bonds. The highest BCUT2D eigenvalue weighted by molar-refractivity contribution is 5.76. The van der Waals surface area contributed by atoms with Crippen LogP contribution in [0, 0.1) is 6.92 Å². The first-order valence-corrected chi connectivity index (χ1v) is 6.62. The van der Waals surface area contributed by atoms with Gasteiger partial charge in [-0.3, -0.25) is 4.79 Å². The number of nitrogens with one attached hydrogen (secondary N) is 1. The molecule has 0 aromatic carbocycles. The normalized spacial score (nSPS) is 10.4. The van der Waals surface area contributed by atoms with Gasteiger partial charge in [0.1, 0.15) is 5.76 Å². The summed E-state index contributed by atoms with van der Waals surface area (Å²) in [6.45, 7) is 8.30. The van der Waals surface area contributed by atoms with Gasteiger partial charge < -0.3 is 14.7 Å². The standard InChI is InChI=1S/C13H23N3O2/c1-4-8-16(9-5-2)13(17)6-7-14-12-10-11(3)18-15-12/h10H,4-9H2,1-3H3,(H,14,15). The first-order valence-electron chi connectivity index (χ1n) is 6.62. The molecule has 0 bridgehead atoms. The molecule has 102 valence electrons. The van der Waals surface area contributed by atoms with Crippen LogP contribution in [0.25, 0.3) is 0 Å². The van der Waals surface area contributed by atoms with Crippen molar-refractivity contribution in [3.8, 4) is 0 Å². The topological polar surface area (TPSA) is 58.4 Å². The lowest BCUT2D eigenvalue weighted by Crippen LogP contribution is -2.33. The van der Waals surface area contributed by atoms with Crippen molar-refractivity contribution in [3.05, 3.63) is 11.8 Å². The Hall–Kier alpha value is -1.52. The Morgan fingerprint density at radius 2 is 2.06 bits per heavy atom.